The maximum Gasteiger partial charge on any atom is 0.418 e. The Balaban J connectivity index is 1.22. The number of alkyl halides is 3. The van der Waals surface area contributed by atoms with Crippen LogP contribution in [0.2, 0.25) is 0 Å². The summed E-state index contributed by atoms with van der Waals surface area (Å²) in [5.41, 5.74) is 2.34. The normalized spacial score (nSPS) is 24.1. The molecule has 3 aliphatic carbocycles. The predicted octanol–water partition coefficient (Wildman–Crippen LogP) is 6.74. The minimum Gasteiger partial charge on any atom is -0.321 e. The zero-order valence-electron chi connectivity index (χ0n) is 21.8. The van der Waals surface area contributed by atoms with Crippen LogP contribution in [0.15, 0.2) is 97.1 Å². The number of nitrogens with zero attached hydrogens (tertiary/aromatic N) is 1. The van der Waals surface area contributed by atoms with Crippen LogP contribution in [0, 0.1) is 11.3 Å². The molecule has 1 heterocycles. The number of imide groups is 1. The largest absolute Gasteiger partial charge is 0.418 e. The van der Waals surface area contributed by atoms with Crippen molar-refractivity contribution in [2.75, 3.05) is 10.2 Å². The average Bonchev–Trinajstić information content (AvgIpc) is 3.17. The molecule has 3 amide bonds. The van der Waals surface area contributed by atoms with Gasteiger partial charge in [0.05, 0.1) is 28.3 Å². The standard InChI is InChI=1S/C33H23F3N2O3/c1-32-27-22-10-4-2-8-20(22)26(21-9-3-5-11-23(21)27)28(32)30(40)38(31(32)41)19-16-14-18(15-17-19)29(39)37-25-13-7-6-12-24(25)33(34,35)36/h2-17,26-28H,1H3,(H,37,39)/t26?,27?,28-,32+/m1/s1. The second kappa shape index (κ2) is 8.64. The molecule has 8 rings (SSSR count). The van der Waals surface area contributed by atoms with Crippen LogP contribution in [0.1, 0.15) is 56.9 Å². The highest BCUT2D eigenvalue weighted by atomic mass is 19.4. The van der Waals surface area contributed by atoms with E-state index in [0.717, 1.165) is 28.3 Å². The van der Waals surface area contributed by atoms with Gasteiger partial charge in [-0.3, -0.25) is 14.4 Å². The fourth-order valence-electron chi connectivity index (χ4n) is 7.16. The summed E-state index contributed by atoms with van der Waals surface area (Å²) < 4.78 is 40.1. The van der Waals surface area contributed by atoms with Gasteiger partial charge in [-0.2, -0.15) is 13.2 Å². The first kappa shape index (κ1) is 25.3. The van der Waals surface area contributed by atoms with Gasteiger partial charge < -0.3 is 5.32 Å². The number of amides is 3. The lowest BCUT2D eigenvalue weighted by atomic mass is 9.48. The second-order valence-corrected chi connectivity index (χ2v) is 11.0. The SMILES string of the molecule is C[C@@]12C(=O)N(c3ccc(C(=O)Nc4ccccc4C(F)(F)F)cc3)C(=O)[C@H]1C1c3ccccc3C2c2ccccc21. The van der Waals surface area contributed by atoms with E-state index in [4.69, 9.17) is 0 Å². The van der Waals surface area contributed by atoms with Crippen LogP contribution in [0.25, 0.3) is 0 Å². The van der Waals surface area contributed by atoms with Crippen LogP contribution in [-0.4, -0.2) is 17.7 Å². The quantitative estimate of drug-likeness (QED) is 0.286. The van der Waals surface area contributed by atoms with E-state index in [2.05, 4.69) is 5.32 Å². The lowest BCUT2D eigenvalue weighted by molar-refractivity contribution is -0.137. The summed E-state index contributed by atoms with van der Waals surface area (Å²) in [4.78, 5) is 42.3. The number of carbonyl (C=O) groups is 3. The van der Waals surface area contributed by atoms with Crippen molar-refractivity contribution in [2.45, 2.75) is 24.9 Å². The van der Waals surface area contributed by atoms with Crippen LogP contribution in [0.4, 0.5) is 24.5 Å². The number of hydrogen-bond donors (Lipinski definition) is 1. The van der Waals surface area contributed by atoms with Gasteiger partial charge >= 0.3 is 6.18 Å². The third kappa shape index (κ3) is 3.46. The van der Waals surface area contributed by atoms with Crippen LogP contribution in [0.3, 0.4) is 0 Å². The van der Waals surface area contributed by atoms with Gasteiger partial charge in [-0.15, -0.1) is 0 Å². The molecule has 0 radical (unpaired) electrons. The Hall–Kier alpha value is -4.72. The summed E-state index contributed by atoms with van der Waals surface area (Å²) in [6, 6.07) is 26.5. The number of halogens is 3. The monoisotopic (exact) mass is 552 g/mol. The first-order chi connectivity index (χ1) is 19.6. The van der Waals surface area contributed by atoms with Crippen molar-refractivity contribution in [1.29, 1.82) is 0 Å². The van der Waals surface area contributed by atoms with Crippen molar-refractivity contribution in [3.63, 3.8) is 0 Å². The molecule has 5 nitrogen and oxygen atoms in total. The first-order valence-electron chi connectivity index (χ1n) is 13.3. The van der Waals surface area contributed by atoms with Crippen molar-refractivity contribution < 1.29 is 27.6 Å². The molecule has 204 valence electrons. The average molecular weight is 553 g/mol. The zero-order valence-corrected chi connectivity index (χ0v) is 21.8. The molecule has 1 N–H and O–H groups in total. The summed E-state index contributed by atoms with van der Waals surface area (Å²) >= 11 is 0. The van der Waals surface area contributed by atoms with Gasteiger partial charge in [-0.1, -0.05) is 60.7 Å². The van der Waals surface area contributed by atoms with E-state index in [1.165, 1.54) is 47.4 Å². The van der Waals surface area contributed by atoms with Crippen LogP contribution < -0.4 is 10.2 Å². The van der Waals surface area contributed by atoms with Gasteiger partial charge in [0.2, 0.25) is 11.8 Å². The maximum atomic E-state index is 14.2. The number of hydrogen-bond acceptors (Lipinski definition) is 3. The third-order valence-corrected chi connectivity index (χ3v) is 8.88. The Morgan fingerprint density at radius 3 is 1.90 bits per heavy atom. The van der Waals surface area contributed by atoms with Gasteiger partial charge in [-0.05, 0) is 65.6 Å². The molecule has 2 atom stereocenters. The molecule has 4 aromatic rings. The van der Waals surface area contributed by atoms with Gasteiger partial charge in [0, 0.05) is 17.4 Å². The maximum absolute atomic E-state index is 14.2. The Kier molecular flexibility index (Phi) is 5.32. The number of benzene rings is 4. The fraction of sp³-hybridized carbons (Fsp3) is 0.182. The highest BCUT2D eigenvalue weighted by molar-refractivity contribution is 6.25. The van der Waals surface area contributed by atoms with Crippen molar-refractivity contribution in [3.05, 3.63) is 130 Å². The van der Waals surface area contributed by atoms with E-state index in [-0.39, 0.29) is 34.9 Å². The highest BCUT2D eigenvalue weighted by Crippen LogP contribution is 2.67. The Bertz CT molecular complexity index is 1720. The molecule has 1 saturated heterocycles. The second-order valence-electron chi connectivity index (χ2n) is 11.0. The van der Waals surface area contributed by atoms with E-state index in [1.807, 2.05) is 55.5 Å². The molecule has 0 spiro atoms. The van der Waals surface area contributed by atoms with Crippen LogP contribution in [0.5, 0.6) is 0 Å². The first-order valence-corrected chi connectivity index (χ1v) is 13.3. The van der Waals surface area contributed by atoms with Gasteiger partial charge in [0.25, 0.3) is 5.91 Å². The smallest absolute Gasteiger partial charge is 0.321 e. The number of rotatable bonds is 3. The number of anilines is 2. The predicted molar refractivity (Wildman–Crippen MR) is 146 cm³/mol. The summed E-state index contributed by atoms with van der Waals surface area (Å²) in [7, 11) is 0. The molecular formula is C33H23F3N2O3. The Labute approximate surface area is 233 Å². The zero-order chi connectivity index (χ0) is 28.7. The fourth-order valence-corrected chi connectivity index (χ4v) is 7.16. The van der Waals surface area contributed by atoms with E-state index >= 15 is 0 Å². The molecule has 0 unspecified atom stereocenters. The van der Waals surface area contributed by atoms with Crippen molar-refractivity contribution >= 4 is 29.1 Å². The van der Waals surface area contributed by atoms with Crippen molar-refractivity contribution in [3.8, 4) is 0 Å². The van der Waals surface area contributed by atoms with Gasteiger partial charge in [-0.25, -0.2) is 4.90 Å². The molecule has 0 aromatic heterocycles. The summed E-state index contributed by atoms with van der Waals surface area (Å²) in [5.74, 6) is -2.48. The molecule has 2 bridgehead atoms. The van der Waals surface area contributed by atoms with Crippen molar-refractivity contribution in [2.24, 2.45) is 11.3 Å². The van der Waals surface area contributed by atoms with Crippen LogP contribution >= 0.6 is 0 Å². The molecule has 0 saturated carbocycles. The summed E-state index contributed by atoms with van der Waals surface area (Å²) in [6.45, 7) is 1.88. The van der Waals surface area contributed by atoms with E-state index in [9.17, 15) is 27.6 Å². The molecular weight excluding hydrogens is 529 g/mol. The Morgan fingerprint density at radius 1 is 0.780 bits per heavy atom. The van der Waals surface area contributed by atoms with E-state index < -0.39 is 29.0 Å². The van der Waals surface area contributed by atoms with Crippen molar-refractivity contribution in [1.82, 2.24) is 0 Å². The molecule has 1 aliphatic heterocycles. The minimum atomic E-state index is -4.63. The third-order valence-electron chi connectivity index (χ3n) is 8.88. The van der Waals surface area contributed by atoms with E-state index in [0.29, 0.717) is 5.69 Å². The van der Waals surface area contributed by atoms with Crippen LogP contribution in [-0.2, 0) is 15.8 Å². The van der Waals surface area contributed by atoms with Gasteiger partial charge in [0.1, 0.15) is 0 Å². The van der Waals surface area contributed by atoms with Gasteiger partial charge in [0.15, 0.2) is 0 Å². The topological polar surface area (TPSA) is 66.5 Å². The molecule has 8 heteroatoms. The van der Waals surface area contributed by atoms with E-state index in [1.54, 1.807) is 0 Å². The number of carbonyl (C=O) groups excluding carboxylic acids is 3. The number of para-hydroxylation sites is 1. The molecule has 4 aliphatic rings. The highest BCUT2D eigenvalue weighted by Gasteiger charge is 2.68. The molecule has 41 heavy (non-hydrogen) atoms. The summed E-state index contributed by atoms with van der Waals surface area (Å²) in [6.07, 6.45) is -4.63. The Morgan fingerprint density at radius 2 is 1.32 bits per heavy atom. The lowest BCUT2D eigenvalue weighted by Crippen LogP contribution is -2.49. The number of nitrogens with one attached hydrogen (secondary N) is 1. The lowest BCUT2D eigenvalue weighted by Gasteiger charge is -2.51. The summed E-state index contributed by atoms with van der Waals surface area (Å²) in [5, 5.41) is 2.32. The molecule has 1 fully saturated rings. The molecule has 4 aromatic carbocycles. The minimum absolute atomic E-state index is 0.0910.